The molecule has 0 saturated carbocycles. The summed E-state index contributed by atoms with van der Waals surface area (Å²) in [6.45, 7) is 2.46. The molecule has 0 aliphatic carbocycles. The molecule has 0 aliphatic rings. The first-order valence-corrected chi connectivity index (χ1v) is 5.18. The number of rotatable bonds is 4. The largest absolute Gasteiger partial charge is 0.444 e. The first-order chi connectivity index (χ1) is 6.59. The van der Waals surface area contributed by atoms with Crippen LogP contribution in [0.3, 0.4) is 0 Å². The molecule has 1 unspecified atom stereocenters. The normalized spacial score (nSPS) is 12.5. The number of carbonyl (C=O) groups excluding carboxylic acids is 1. The molecule has 0 aromatic carbocycles. The molecule has 1 atom stereocenters. The van der Waals surface area contributed by atoms with E-state index in [1.54, 1.807) is 12.1 Å². The molecule has 1 aromatic rings. The standard InChI is InChI=1S/C9H13BrN2O2/c1-6(11)4-5-12-9(13)7-2-3-8(10)14-7/h2-3,6H,4-5,11H2,1H3,(H,12,13). The van der Waals surface area contributed by atoms with Crippen LogP contribution in [-0.2, 0) is 0 Å². The van der Waals surface area contributed by atoms with Crippen LogP contribution in [0.4, 0.5) is 0 Å². The van der Waals surface area contributed by atoms with E-state index in [4.69, 9.17) is 10.2 Å². The Balaban J connectivity index is 2.36. The van der Waals surface area contributed by atoms with Gasteiger partial charge in [-0.15, -0.1) is 0 Å². The summed E-state index contributed by atoms with van der Waals surface area (Å²) in [6.07, 6.45) is 0.758. The van der Waals surface area contributed by atoms with Crippen molar-refractivity contribution in [2.45, 2.75) is 19.4 Å². The maximum atomic E-state index is 11.4. The van der Waals surface area contributed by atoms with Gasteiger partial charge in [-0.3, -0.25) is 4.79 Å². The maximum absolute atomic E-state index is 11.4. The number of carbonyl (C=O) groups is 1. The van der Waals surface area contributed by atoms with Crippen molar-refractivity contribution in [2.75, 3.05) is 6.54 Å². The number of amides is 1. The molecular weight excluding hydrogens is 248 g/mol. The lowest BCUT2D eigenvalue weighted by molar-refractivity contribution is 0.0924. The summed E-state index contributed by atoms with van der Waals surface area (Å²) in [4.78, 5) is 11.4. The molecule has 0 fully saturated rings. The summed E-state index contributed by atoms with van der Waals surface area (Å²) < 4.78 is 5.63. The molecule has 0 saturated heterocycles. The summed E-state index contributed by atoms with van der Waals surface area (Å²) in [7, 11) is 0. The van der Waals surface area contributed by atoms with Crippen molar-refractivity contribution in [1.29, 1.82) is 0 Å². The highest BCUT2D eigenvalue weighted by Gasteiger charge is 2.09. The Hall–Kier alpha value is -0.810. The molecule has 5 heteroatoms. The minimum absolute atomic E-state index is 0.0960. The molecule has 78 valence electrons. The molecule has 0 bridgehead atoms. The SMILES string of the molecule is CC(N)CCNC(=O)c1ccc(Br)o1. The number of nitrogens with one attached hydrogen (secondary N) is 1. The summed E-state index contributed by atoms with van der Waals surface area (Å²) in [5, 5.41) is 2.71. The van der Waals surface area contributed by atoms with E-state index in [0.717, 1.165) is 6.42 Å². The highest BCUT2D eigenvalue weighted by molar-refractivity contribution is 9.10. The molecule has 1 heterocycles. The van der Waals surface area contributed by atoms with Gasteiger partial charge in [0.15, 0.2) is 10.4 Å². The molecule has 4 nitrogen and oxygen atoms in total. The van der Waals surface area contributed by atoms with Crippen LogP contribution in [0, 0.1) is 0 Å². The topological polar surface area (TPSA) is 68.3 Å². The van der Waals surface area contributed by atoms with Crippen LogP contribution in [0.25, 0.3) is 0 Å². The average Bonchev–Trinajstić information content (AvgIpc) is 2.51. The lowest BCUT2D eigenvalue weighted by atomic mass is 10.2. The van der Waals surface area contributed by atoms with Gasteiger partial charge in [-0.2, -0.15) is 0 Å². The van der Waals surface area contributed by atoms with E-state index < -0.39 is 0 Å². The summed E-state index contributed by atoms with van der Waals surface area (Å²) in [5.74, 6) is 0.0953. The van der Waals surface area contributed by atoms with E-state index in [9.17, 15) is 4.79 Å². The van der Waals surface area contributed by atoms with Gasteiger partial charge in [-0.05, 0) is 41.4 Å². The first kappa shape index (κ1) is 11.3. The molecule has 3 N–H and O–H groups in total. The van der Waals surface area contributed by atoms with Crippen LogP contribution in [-0.4, -0.2) is 18.5 Å². The molecular formula is C9H13BrN2O2. The van der Waals surface area contributed by atoms with Gasteiger partial charge in [0, 0.05) is 12.6 Å². The Morgan fingerprint density at radius 2 is 2.43 bits per heavy atom. The molecule has 1 amide bonds. The minimum Gasteiger partial charge on any atom is -0.444 e. The molecule has 0 spiro atoms. The van der Waals surface area contributed by atoms with Gasteiger partial charge in [-0.25, -0.2) is 0 Å². The lowest BCUT2D eigenvalue weighted by Crippen LogP contribution is -2.28. The van der Waals surface area contributed by atoms with Crippen molar-refractivity contribution < 1.29 is 9.21 Å². The van der Waals surface area contributed by atoms with Gasteiger partial charge >= 0.3 is 0 Å². The number of hydrogen-bond donors (Lipinski definition) is 2. The minimum atomic E-state index is -0.212. The smallest absolute Gasteiger partial charge is 0.287 e. The van der Waals surface area contributed by atoms with Crippen molar-refractivity contribution in [3.63, 3.8) is 0 Å². The monoisotopic (exact) mass is 260 g/mol. The number of furan rings is 1. The zero-order chi connectivity index (χ0) is 10.6. The second-order valence-corrected chi connectivity index (χ2v) is 3.91. The van der Waals surface area contributed by atoms with E-state index in [0.29, 0.717) is 17.0 Å². The Morgan fingerprint density at radius 3 is 2.93 bits per heavy atom. The van der Waals surface area contributed by atoms with Gasteiger partial charge in [-0.1, -0.05) is 0 Å². The van der Waals surface area contributed by atoms with Crippen molar-refractivity contribution in [3.05, 3.63) is 22.6 Å². The Bertz CT molecular complexity index is 310. The lowest BCUT2D eigenvalue weighted by Gasteiger charge is -2.05. The van der Waals surface area contributed by atoms with E-state index in [1.165, 1.54) is 0 Å². The van der Waals surface area contributed by atoms with Gasteiger partial charge < -0.3 is 15.5 Å². The Labute approximate surface area is 91.0 Å². The van der Waals surface area contributed by atoms with Crippen LogP contribution >= 0.6 is 15.9 Å². The van der Waals surface area contributed by atoms with Gasteiger partial charge in [0.1, 0.15) is 0 Å². The molecule has 14 heavy (non-hydrogen) atoms. The zero-order valence-corrected chi connectivity index (χ0v) is 9.50. The van der Waals surface area contributed by atoms with Gasteiger partial charge in [0.25, 0.3) is 5.91 Å². The van der Waals surface area contributed by atoms with Crippen molar-refractivity contribution in [3.8, 4) is 0 Å². The predicted octanol–water partition coefficient (Wildman–Crippen LogP) is 1.51. The zero-order valence-electron chi connectivity index (χ0n) is 7.92. The predicted molar refractivity (Wildman–Crippen MR) is 57.0 cm³/mol. The van der Waals surface area contributed by atoms with Crippen LogP contribution in [0.1, 0.15) is 23.9 Å². The molecule has 0 radical (unpaired) electrons. The first-order valence-electron chi connectivity index (χ1n) is 4.38. The van der Waals surface area contributed by atoms with Crippen molar-refractivity contribution >= 4 is 21.8 Å². The number of halogens is 1. The third-order valence-corrected chi connectivity index (χ3v) is 2.11. The van der Waals surface area contributed by atoms with Crippen LogP contribution in [0.5, 0.6) is 0 Å². The third kappa shape index (κ3) is 3.51. The number of hydrogen-bond acceptors (Lipinski definition) is 3. The number of nitrogens with two attached hydrogens (primary N) is 1. The van der Waals surface area contributed by atoms with E-state index in [2.05, 4.69) is 21.2 Å². The summed E-state index contributed by atoms with van der Waals surface area (Å²) >= 11 is 3.13. The third-order valence-electron chi connectivity index (χ3n) is 1.68. The Kier molecular flexibility index (Phi) is 4.16. The van der Waals surface area contributed by atoms with Crippen LogP contribution < -0.4 is 11.1 Å². The fourth-order valence-corrected chi connectivity index (χ4v) is 1.24. The van der Waals surface area contributed by atoms with Gasteiger partial charge in [0.2, 0.25) is 0 Å². The molecule has 0 aliphatic heterocycles. The highest BCUT2D eigenvalue weighted by atomic mass is 79.9. The van der Waals surface area contributed by atoms with E-state index in [1.807, 2.05) is 6.92 Å². The van der Waals surface area contributed by atoms with E-state index in [-0.39, 0.29) is 11.9 Å². The summed E-state index contributed by atoms with van der Waals surface area (Å²) in [5.41, 5.74) is 5.54. The maximum Gasteiger partial charge on any atom is 0.287 e. The van der Waals surface area contributed by atoms with Crippen molar-refractivity contribution in [1.82, 2.24) is 5.32 Å². The second kappa shape index (κ2) is 5.17. The summed E-state index contributed by atoms with van der Waals surface area (Å²) in [6, 6.07) is 3.39. The second-order valence-electron chi connectivity index (χ2n) is 3.13. The molecule has 1 aromatic heterocycles. The van der Waals surface area contributed by atoms with Crippen molar-refractivity contribution in [2.24, 2.45) is 5.73 Å². The fourth-order valence-electron chi connectivity index (χ4n) is 0.937. The molecule has 1 rings (SSSR count). The average molecular weight is 261 g/mol. The quantitative estimate of drug-likeness (QED) is 0.863. The Morgan fingerprint density at radius 1 is 1.71 bits per heavy atom. The highest BCUT2D eigenvalue weighted by Crippen LogP contribution is 2.13. The fraction of sp³-hybridized carbons (Fsp3) is 0.444. The van der Waals surface area contributed by atoms with E-state index >= 15 is 0 Å². The van der Waals surface area contributed by atoms with Gasteiger partial charge in [0.05, 0.1) is 0 Å². The van der Waals surface area contributed by atoms with Crippen LogP contribution in [0.2, 0.25) is 0 Å². The van der Waals surface area contributed by atoms with Crippen LogP contribution in [0.15, 0.2) is 21.2 Å².